The number of hydrogen-bond acceptors (Lipinski definition) is 5. The molecule has 0 fully saturated rings. The fourth-order valence-corrected chi connectivity index (χ4v) is 4.23. The average Bonchev–Trinajstić information content (AvgIpc) is 2.71. The van der Waals surface area contributed by atoms with Gasteiger partial charge in [0.15, 0.2) is 5.11 Å². The van der Waals surface area contributed by atoms with Gasteiger partial charge in [0.1, 0.15) is 5.75 Å². The highest BCUT2D eigenvalue weighted by Crippen LogP contribution is 2.26. The van der Waals surface area contributed by atoms with E-state index >= 15 is 0 Å². The van der Waals surface area contributed by atoms with Crippen molar-refractivity contribution in [2.75, 3.05) is 18.5 Å². The van der Waals surface area contributed by atoms with Gasteiger partial charge in [-0.25, -0.2) is 13.1 Å². The minimum Gasteiger partial charge on any atom is -0.492 e. The predicted octanol–water partition coefficient (Wildman–Crippen LogP) is 4.30. The van der Waals surface area contributed by atoms with E-state index in [1.165, 1.54) is 12.1 Å². The maximum Gasteiger partial charge on any atom is 0.257 e. The molecule has 3 N–H and O–H groups in total. The summed E-state index contributed by atoms with van der Waals surface area (Å²) in [5, 5.41) is 5.57. The number of halogens is 1. The van der Waals surface area contributed by atoms with Gasteiger partial charge >= 0.3 is 0 Å². The van der Waals surface area contributed by atoms with Crippen molar-refractivity contribution in [2.24, 2.45) is 5.92 Å². The molecule has 0 spiro atoms. The average molecular weight is 528 g/mol. The van der Waals surface area contributed by atoms with Crippen molar-refractivity contribution >= 4 is 54.9 Å². The minimum absolute atomic E-state index is 0.0981. The van der Waals surface area contributed by atoms with Crippen LogP contribution in [-0.2, 0) is 10.0 Å². The number of amides is 1. The number of carbonyl (C=O) groups excluding carboxylic acids is 1. The molecule has 0 saturated heterocycles. The van der Waals surface area contributed by atoms with E-state index in [-0.39, 0.29) is 15.9 Å². The first kappa shape index (κ1) is 25.3. The predicted molar refractivity (Wildman–Crippen MR) is 130 cm³/mol. The Kier molecular flexibility index (Phi) is 9.42. The summed E-state index contributed by atoms with van der Waals surface area (Å²) in [4.78, 5) is 12.6. The summed E-state index contributed by atoms with van der Waals surface area (Å²) in [6.45, 7) is 6.95. The van der Waals surface area contributed by atoms with Crippen LogP contribution in [0.2, 0.25) is 0 Å². The lowest BCUT2D eigenvalue weighted by Gasteiger charge is -2.13. The van der Waals surface area contributed by atoms with E-state index in [4.69, 9.17) is 17.0 Å². The largest absolute Gasteiger partial charge is 0.492 e. The standard InChI is InChI=1S/C21H26BrN3O4S2/c1-4-11-23-31(27,28)17-8-6-16(7-9-17)24-21(30)25-20(26)15-5-10-19(18(22)12-15)29-13-14(2)3/h5-10,12,14,23H,4,11,13H2,1-3H3,(H2,24,25,26,30). The van der Waals surface area contributed by atoms with Gasteiger partial charge in [0, 0.05) is 17.8 Å². The Labute approximate surface area is 197 Å². The van der Waals surface area contributed by atoms with Crippen LogP contribution in [0.15, 0.2) is 51.8 Å². The minimum atomic E-state index is -3.53. The highest BCUT2D eigenvalue weighted by atomic mass is 79.9. The van der Waals surface area contributed by atoms with Crippen LogP contribution in [0, 0.1) is 5.92 Å². The Bertz CT molecular complexity index is 1030. The van der Waals surface area contributed by atoms with E-state index in [1.54, 1.807) is 30.3 Å². The Balaban J connectivity index is 1.96. The molecule has 1 amide bonds. The normalized spacial score (nSPS) is 11.3. The first-order valence-corrected chi connectivity index (χ1v) is 12.4. The lowest BCUT2D eigenvalue weighted by Crippen LogP contribution is -2.34. The molecular weight excluding hydrogens is 502 g/mol. The molecule has 0 unspecified atom stereocenters. The summed E-state index contributed by atoms with van der Waals surface area (Å²) in [7, 11) is -3.53. The number of hydrogen-bond donors (Lipinski definition) is 3. The van der Waals surface area contributed by atoms with Crippen LogP contribution in [0.5, 0.6) is 5.75 Å². The van der Waals surface area contributed by atoms with Crippen molar-refractivity contribution in [1.29, 1.82) is 0 Å². The van der Waals surface area contributed by atoms with Gasteiger partial charge in [-0.15, -0.1) is 0 Å². The lowest BCUT2D eigenvalue weighted by atomic mass is 10.2. The number of sulfonamides is 1. The van der Waals surface area contributed by atoms with Crippen molar-refractivity contribution in [1.82, 2.24) is 10.0 Å². The Morgan fingerprint density at radius 1 is 1.16 bits per heavy atom. The highest BCUT2D eigenvalue weighted by Gasteiger charge is 2.14. The molecule has 0 aliphatic carbocycles. The van der Waals surface area contributed by atoms with Gasteiger partial charge in [0.25, 0.3) is 5.91 Å². The third-order valence-corrected chi connectivity index (χ3v) is 6.26. The number of thiocarbonyl (C=S) groups is 1. The molecule has 10 heteroatoms. The SMILES string of the molecule is CCCNS(=O)(=O)c1ccc(NC(=S)NC(=O)c2ccc(OCC(C)C)c(Br)c2)cc1. The molecule has 0 heterocycles. The number of anilines is 1. The van der Waals surface area contributed by atoms with Crippen LogP contribution in [0.3, 0.4) is 0 Å². The summed E-state index contributed by atoms with van der Waals surface area (Å²) >= 11 is 8.61. The molecule has 31 heavy (non-hydrogen) atoms. The van der Waals surface area contributed by atoms with Crippen molar-refractivity contribution in [3.63, 3.8) is 0 Å². The molecule has 7 nitrogen and oxygen atoms in total. The van der Waals surface area contributed by atoms with Crippen molar-refractivity contribution < 1.29 is 17.9 Å². The second-order valence-corrected chi connectivity index (χ2v) is 10.2. The van der Waals surface area contributed by atoms with Crippen molar-refractivity contribution in [3.8, 4) is 5.75 Å². The molecule has 0 radical (unpaired) electrons. The van der Waals surface area contributed by atoms with Gasteiger partial charge < -0.3 is 10.1 Å². The number of benzene rings is 2. The van der Waals surface area contributed by atoms with Crippen LogP contribution in [-0.4, -0.2) is 32.6 Å². The molecule has 0 aliphatic heterocycles. The van der Waals surface area contributed by atoms with Crippen LogP contribution in [0.25, 0.3) is 0 Å². The number of ether oxygens (including phenoxy) is 1. The topological polar surface area (TPSA) is 96.5 Å². The molecule has 168 valence electrons. The van der Waals surface area contributed by atoms with Crippen LogP contribution in [0.1, 0.15) is 37.6 Å². The highest BCUT2D eigenvalue weighted by molar-refractivity contribution is 9.10. The van der Waals surface area contributed by atoms with E-state index in [1.807, 2.05) is 6.92 Å². The monoisotopic (exact) mass is 527 g/mol. The molecule has 0 aliphatic rings. The fraction of sp³-hybridized carbons (Fsp3) is 0.333. The zero-order valence-electron chi connectivity index (χ0n) is 17.6. The first-order chi connectivity index (χ1) is 14.6. The second-order valence-electron chi connectivity index (χ2n) is 7.18. The van der Waals surface area contributed by atoms with Crippen LogP contribution in [0.4, 0.5) is 5.69 Å². The first-order valence-electron chi connectivity index (χ1n) is 9.76. The second kappa shape index (κ2) is 11.6. The number of carbonyl (C=O) groups is 1. The summed E-state index contributed by atoms with van der Waals surface area (Å²) in [6.07, 6.45) is 0.705. The maximum absolute atomic E-state index is 12.5. The lowest BCUT2D eigenvalue weighted by molar-refractivity contribution is 0.0977. The van der Waals surface area contributed by atoms with Gasteiger partial charge in [-0.2, -0.15) is 0 Å². The zero-order chi connectivity index (χ0) is 23.0. The molecule has 2 rings (SSSR count). The van der Waals surface area contributed by atoms with Crippen molar-refractivity contribution in [3.05, 3.63) is 52.5 Å². The molecule has 0 saturated carbocycles. The van der Waals surface area contributed by atoms with E-state index in [9.17, 15) is 13.2 Å². The smallest absolute Gasteiger partial charge is 0.257 e. The van der Waals surface area contributed by atoms with Gasteiger partial charge in [-0.3, -0.25) is 10.1 Å². The summed E-state index contributed by atoms with van der Waals surface area (Å²) < 4.78 is 33.1. The van der Waals surface area contributed by atoms with Gasteiger partial charge in [-0.1, -0.05) is 20.8 Å². The molecule has 0 atom stereocenters. The zero-order valence-corrected chi connectivity index (χ0v) is 20.8. The van der Waals surface area contributed by atoms with Crippen LogP contribution < -0.4 is 20.1 Å². The Morgan fingerprint density at radius 2 is 1.84 bits per heavy atom. The molecule has 2 aromatic carbocycles. The molecular formula is C21H26BrN3O4S2. The summed E-state index contributed by atoms with van der Waals surface area (Å²) in [6, 6.07) is 11.1. The molecule has 0 bridgehead atoms. The number of rotatable bonds is 9. The number of nitrogens with one attached hydrogen (secondary N) is 3. The summed E-state index contributed by atoms with van der Waals surface area (Å²) in [5.74, 6) is 0.672. The van der Waals surface area contributed by atoms with E-state index in [2.05, 4.69) is 45.1 Å². The van der Waals surface area contributed by atoms with Gasteiger partial charge in [0.2, 0.25) is 10.0 Å². The molecule has 0 aromatic heterocycles. The van der Waals surface area contributed by atoms with Crippen LogP contribution >= 0.6 is 28.1 Å². The fourth-order valence-electron chi connectivity index (χ4n) is 2.39. The van der Waals surface area contributed by atoms with Gasteiger partial charge in [-0.05, 0) is 83.0 Å². The van der Waals surface area contributed by atoms with Gasteiger partial charge in [0.05, 0.1) is 16.0 Å². The maximum atomic E-state index is 12.5. The Hall–Kier alpha value is -2.01. The third-order valence-electron chi connectivity index (χ3n) is 3.96. The Morgan fingerprint density at radius 3 is 2.42 bits per heavy atom. The van der Waals surface area contributed by atoms with E-state index in [0.29, 0.717) is 47.0 Å². The van der Waals surface area contributed by atoms with E-state index < -0.39 is 10.0 Å². The van der Waals surface area contributed by atoms with Crippen molar-refractivity contribution in [2.45, 2.75) is 32.1 Å². The van der Waals surface area contributed by atoms with E-state index in [0.717, 1.165) is 0 Å². The summed E-state index contributed by atoms with van der Waals surface area (Å²) in [5.41, 5.74) is 0.967. The third kappa shape index (κ3) is 7.88. The molecule has 2 aromatic rings. The quantitative estimate of drug-likeness (QED) is 0.420.